The van der Waals surface area contributed by atoms with Gasteiger partial charge in [-0.3, -0.25) is 4.79 Å². The molecule has 0 unspecified atom stereocenters. The number of methoxy groups -OCH3 is 1. The summed E-state index contributed by atoms with van der Waals surface area (Å²) in [7, 11) is 1.69. The van der Waals surface area contributed by atoms with Gasteiger partial charge in [0.1, 0.15) is 5.69 Å². The quantitative estimate of drug-likeness (QED) is 0.679. The van der Waals surface area contributed by atoms with Gasteiger partial charge in [-0.05, 0) is 31.0 Å². The Kier molecular flexibility index (Phi) is 4.42. The number of ether oxygens (including phenoxy) is 1. The molecular weight excluding hydrogens is 336 g/mol. The van der Waals surface area contributed by atoms with E-state index in [1.165, 1.54) is 24.2 Å². The summed E-state index contributed by atoms with van der Waals surface area (Å²) in [5.41, 5.74) is 2.32. The summed E-state index contributed by atoms with van der Waals surface area (Å²) in [5, 5.41) is 9.93. The first-order chi connectivity index (χ1) is 12.2. The van der Waals surface area contributed by atoms with Gasteiger partial charge in [0.25, 0.3) is 5.91 Å². The zero-order valence-corrected chi connectivity index (χ0v) is 14.8. The van der Waals surface area contributed by atoms with Crippen molar-refractivity contribution in [1.29, 1.82) is 0 Å². The van der Waals surface area contributed by atoms with E-state index in [9.17, 15) is 4.79 Å². The Balaban J connectivity index is 1.52. The van der Waals surface area contributed by atoms with Gasteiger partial charge in [0, 0.05) is 36.7 Å². The number of hydrogen-bond acceptors (Lipinski definition) is 5. The normalized spacial score (nSPS) is 14.0. The maximum atomic E-state index is 12.5. The fraction of sp³-hybridized carbons (Fsp3) is 0.333. The summed E-state index contributed by atoms with van der Waals surface area (Å²) < 4.78 is 7.27. The van der Waals surface area contributed by atoms with Crippen LogP contribution in [0.5, 0.6) is 0 Å². The van der Waals surface area contributed by atoms with Crippen LogP contribution in [0.1, 0.15) is 23.3 Å². The number of hydrogen-bond donors (Lipinski definition) is 2. The number of amides is 1. The molecule has 1 amide bonds. The van der Waals surface area contributed by atoms with Crippen LogP contribution >= 0.6 is 11.3 Å². The van der Waals surface area contributed by atoms with Crippen molar-refractivity contribution >= 4 is 39.0 Å². The van der Waals surface area contributed by atoms with Crippen LogP contribution in [-0.2, 0) is 11.3 Å². The van der Waals surface area contributed by atoms with Crippen molar-refractivity contribution < 1.29 is 9.53 Å². The van der Waals surface area contributed by atoms with Gasteiger partial charge in [-0.25, -0.2) is 4.98 Å². The maximum absolute atomic E-state index is 12.5. The van der Waals surface area contributed by atoms with E-state index in [4.69, 9.17) is 4.74 Å². The number of carbonyl (C=O) groups excluding carboxylic acids is 1. The van der Waals surface area contributed by atoms with Gasteiger partial charge in [-0.15, -0.1) is 11.3 Å². The number of nitrogens with one attached hydrogen (secondary N) is 2. The second-order valence-corrected chi connectivity index (χ2v) is 7.01. The Bertz CT molecular complexity index is 898. The number of aromatic nitrogens is 2. The molecule has 1 aliphatic rings. The van der Waals surface area contributed by atoms with E-state index in [1.807, 2.05) is 30.5 Å². The molecule has 0 spiro atoms. The molecule has 25 heavy (non-hydrogen) atoms. The summed E-state index contributed by atoms with van der Waals surface area (Å²) in [6, 6.07) is 8.45. The number of anilines is 2. The predicted molar refractivity (Wildman–Crippen MR) is 101 cm³/mol. The maximum Gasteiger partial charge on any atom is 0.275 e. The summed E-state index contributed by atoms with van der Waals surface area (Å²) in [5.74, 6) is -0.183. The van der Waals surface area contributed by atoms with Crippen molar-refractivity contribution in [1.82, 2.24) is 9.55 Å². The van der Waals surface area contributed by atoms with Crippen LogP contribution < -0.4 is 10.6 Å². The lowest BCUT2D eigenvalue weighted by molar-refractivity contribution is 0.102. The first-order valence-electron chi connectivity index (χ1n) is 8.35. The molecule has 1 saturated carbocycles. The molecule has 0 radical (unpaired) electrons. The molecule has 6 nitrogen and oxygen atoms in total. The van der Waals surface area contributed by atoms with Crippen LogP contribution in [-0.4, -0.2) is 35.2 Å². The largest absolute Gasteiger partial charge is 0.383 e. The molecule has 0 bridgehead atoms. The molecule has 2 heterocycles. The van der Waals surface area contributed by atoms with Crippen molar-refractivity contribution in [2.75, 3.05) is 24.4 Å². The zero-order valence-electron chi connectivity index (χ0n) is 14.0. The second kappa shape index (κ2) is 6.85. The Morgan fingerprint density at radius 3 is 3.08 bits per heavy atom. The van der Waals surface area contributed by atoms with E-state index in [1.54, 1.807) is 12.5 Å². The Morgan fingerprint density at radius 2 is 2.28 bits per heavy atom. The van der Waals surface area contributed by atoms with Crippen molar-refractivity contribution in [3.05, 3.63) is 41.5 Å². The Labute approximate surface area is 149 Å². The highest BCUT2D eigenvalue weighted by molar-refractivity contribution is 7.13. The van der Waals surface area contributed by atoms with Gasteiger partial charge in [0.15, 0.2) is 5.13 Å². The molecule has 2 aromatic heterocycles. The fourth-order valence-electron chi connectivity index (χ4n) is 2.75. The Morgan fingerprint density at radius 1 is 1.40 bits per heavy atom. The average Bonchev–Trinajstić information content (AvgIpc) is 3.14. The van der Waals surface area contributed by atoms with Crippen molar-refractivity contribution in [3.63, 3.8) is 0 Å². The van der Waals surface area contributed by atoms with E-state index in [-0.39, 0.29) is 5.91 Å². The lowest BCUT2D eigenvalue weighted by Gasteiger charge is -2.07. The van der Waals surface area contributed by atoms with Crippen LogP contribution in [0.25, 0.3) is 10.9 Å². The highest BCUT2D eigenvalue weighted by Gasteiger charge is 2.22. The first-order valence-corrected chi connectivity index (χ1v) is 9.23. The molecule has 2 N–H and O–H groups in total. The zero-order chi connectivity index (χ0) is 17.2. The van der Waals surface area contributed by atoms with Gasteiger partial charge >= 0.3 is 0 Å². The summed E-state index contributed by atoms with van der Waals surface area (Å²) in [4.78, 5) is 16.9. The molecule has 130 valence electrons. The van der Waals surface area contributed by atoms with E-state index >= 15 is 0 Å². The van der Waals surface area contributed by atoms with Gasteiger partial charge in [-0.2, -0.15) is 0 Å². The van der Waals surface area contributed by atoms with Gasteiger partial charge in [0.2, 0.25) is 0 Å². The monoisotopic (exact) mass is 356 g/mol. The smallest absolute Gasteiger partial charge is 0.275 e. The topological polar surface area (TPSA) is 68.2 Å². The highest BCUT2D eigenvalue weighted by atomic mass is 32.1. The molecule has 4 rings (SSSR count). The van der Waals surface area contributed by atoms with Crippen LogP contribution in [0.3, 0.4) is 0 Å². The number of carbonyl (C=O) groups is 1. The van der Waals surface area contributed by atoms with Gasteiger partial charge < -0.3 is 19.9 Å². The van der Waals surface area contributed by atoms with Crippen LogP contribution in [0.4, 0.5) is 10.8 Å². The van der Waals surface area contributed by atoms with Crippen molar-refractivity contribution in [2.24, 2.45) is 0 Å². The van der Waals surface area contributed by atoms with E-state index in [2.05, 4.69) is 20.2 Å². The predicted octanol–water partition coefficient (Wildman–Crippen LogP) is 3.57. The third-order valence-corrected chi connectivity index (χ3v) is 5.01. The second-order valence-electron chi connectivity index (χ2n) is 6.15. The minimum absolute atomic E-state index is 0.183. The number of benzene rings is 1. The number of nitrogens with zero attached hydrogens (tertiary/aromatic N) is 2. The lowest BCUT2D eigenvalue weighted by atomic mass is 10.2. The number of thiazole rings is 1. The van der Waals surface area contributed by atoms with Crippen LogP contribution in [0.15, 0.2) is 35.8 Å². The summed E-state index contributed by atoms with van der Waals surface area (Å²) >= 11 is 1.47. The lowest BCUT2D eigenvalue weighted by Crippen LogP contribution is -2.13. The minimum atomic E-state index is -0.183. The number of fused-ring (bicyclic) bond motifs is 1. The standard InChI is InChI=1S/C18H20N4O2S/c1-24-10-9-22-8-7-13-14(3-2-4-16(13)22)20-17(23)15-11-25-18(21-15)19-12-5-6-12/h2-4,7-8,11-12H,5-6,9-10H2,1H3,(H,19,21)(H,20,23). The van der Waals surface area contributed by atoms with E-state index in [0.717, 1.165) is 28.3 Å². The molecule has 1 aromatic carbocycles. The molecular formula is C18H20N4O2S. The Hall–Kier alpha value is -2.38. The average molecular weight is 356 g/mol. The third kappa shape index (κ3) is 3.52. The molecule has 1 aliphatic carbocycles. The van der Waals surface area contributed by atoms with E-state index in [0.29, 0.717) is 18.3 Å². The molecule has 0 atom stereocenters. The summed E-state index contributed by atoms with van der Waals surface area (Å²) in [6.07, 6.45) is 4.38. The van der Waals surface area contributed by atoms with Crippen molar-refractivity contribution in [2.45, 2.75) is 25.4 Å². The van der Waals surface area contributed by atoms with Crippen LogP contribution in [0.2, 0.25) is 0 Å². The SMILES string of the molecule is COCCn1ccc2c(NC(=O)c3csc(NC4CC4)n3)cccc21. The van der Waals surface area contributed by atoms with Crippen molar-refractivity contribution in [3.8, 4) is 0 Å². The fourth-order valence-corrected chi connectivity index (χ4v) is 3.52. The molecule has 0 saturated heterocycles. The van der Waals surface area contributed by atoms with Crippen LogP contribution in [0, 0.1) is 0 Å². The minimum Gasteiger partial charge on any atom is -0.383 e. The molecule has 7 heteroatoms. The first kappa shape index (κ1) is 16.1. The molecule has 3 aromatic rings. The molecule has 1 fully saturated rings. The number of rotatable bonds is 7. The van der Waals surface area contributed by atoms with Gasteiger partial charge in [-0.1, -0.05) is 6.07 Å². The molecule has 0 aliphatic heterocycles. The van der Waals surface area contributed by atoms with Gasteiger partial charge in [0.05, 0.1) is 17.8 Å². The van der Waals surface area contributed by atoms with E-state index < -0.39 is 0 Å². The highest BCUT2D eigenvalue weighted by Crippen LogP contribution is 2.28. The third-order valence-electron chi connectivity index (χ3n) is 4.24. The summed E-state index contributed by atoms with van der Waals surface area (Å²) in [6.45, 7) is 1.43.